The van der Waals surface area contributed by atoms with Gasteiger partial charge < -0.3 is 23.8 Å². The normalized spacial score (nSPS) is 16.1. The van der Waals surface area contributed by atoms with E-state index in [1.54, 1.807) is 48.5 Å². The first-order valence-corrected chi connectivity index (χ1v) is 14.3. The predicted molar refractivity (Wildman–Crippen MR) is 165 cm³/mol. The smallest absolute Gasteiger partial charge is 0.354 e. The van der Waals surface area contributed by atoms with E-state index in [0.29, 0.717) is 10.0 Å². The summed E-state index contributed by atoms with van der Waals surface area (Å²) in [5.74, 6) is -4.38. The molecule has 2 heterocycles. The number of ketones is 1. The number of allylic oxidation sites excluding steroid dienone is 1. The molecule has 2 aromatic rings. The summed E-state index contributed by atoms with van der Waals surface area (Å²) in [6.07, 6.45) is 3.51. The van der Waals surface area contributed by atoms with Crippen LogP contribution < -0.4 is 0 Å². The van der Waals surface area contributed by atoms with Gasteiger partial charge in [-0.15, -0.1) is 0 Å². The first-order chi connectivity index (χ1) is 21.1. The SMILES string of the molecule is COC(=O)/C=C(\C(=O)OC)N1C2=C(c3ccc(Br)cc3)C(C(=O)c3ccc(Br)cc3)=NC=CC1C(C(=O)OC)=C2C(=O)OC. The van der Waals surface area contributed by atoms with Crippen LogP contribution >= 0.6 is 31.9 Å². The minimum atomic E-state index is -1.24. The molecular weight excluding hydrogens is 704 g/mol. The number of hydrogen-bond donors (Lipinski definition) is 0. The molecule has 0 amide bonds. The van der Waals surface area contributed by atoms with E-state index < -0.39 is 41.4 Å². The number of aliphatic imine (C=N–C) groups is 1. The molecule has 0 radical (unpaired) electrons. The van der Waals surface area contributed by atoms with Crippen molar-refractivity contribution in [2.24, 2.45) is 4.99 Å². The van der Waals surface area contributed by atoms with Crippen LogP contribution in [0.5, 0.6) is 0 Å². The molecule has 11 nitrogen and oxygen atoms in total. The van der Waals surface area contributed by atoms with Gasteiger partial charge in [-0.2, -0.15) is 0 Å². The van der Waals surface area contributed by atoms with Crippen LogP contribution in [0.3, 0.4) is 0 Å². The van der Waals surface area contributed by atoms with E-state index in [0.717, 1.165) is 39.0 Å². The van der Waals surface area contributed by atoms with Crippen molar-refractivity contribution in [2.75, 3.05) is 28.4 Å². The fraction of sp³-hybridized carbons (Fsp3) is 0.161. The minimum absolute atomic E-state index is 0.0544. The van der Waals surface area contributed by atoms with Gasteiger partial charge in [0.15, 0.2) is 0 Å². The molecule has 4 rings (SSSR count). The highest BCUT2D eigenvalue weighted by atomic mass is 79.9. The number of ether oxygens (including phenoxy) is 4. The van der Waals surface area contributed by atoms with Crippen LogP contribution in [0, 0.1) is 0 Å². The Kier molecular flexibility index (Phi) is 10.1. The summed E-state index contributed by atoms with van der Waals surface area (Å²) in [7, 11) is 4.44. The summed E-state index contributed by atoms with van der Waals surface area (Å²) >= 11 is 6.76. The number of carbonyl (C=O) groups is 5. The largest absolute Gasteiger partial charge is 0.466 e. The fourth-order valence-corrected chi connectivity index (χ4v) is 5.21. The molecule has 0 aromatic heterocycles. The van der Waals surface area contributed by atoms with Gasteiger partial charge in [0, 0.05) is 26.3 Å². The van der Waals surface area contributed by atoms with Crippen molar-refractivity contribution in [3.63, 3.8) is 0 Å². The molecule has 13 heteroatoms. The standard InChI is InChI=1S/C31H24Br2N2O9/c1-41-22(36)15-21(29(38)42-2)35-20-13-14-34-26(28(37)17-7-11-19(33)12-8-17)23(16-5-9-18(32)10-6-16)27(35)25(31(40)44-4)24(20)30(39)43-3/h5-15,20H,1-4H3/b14-13?,21-15+,27-23?,34-26?. The number of carbonyl (C=O) groups excluding carboxylic acids is 5. The van der Waals surface area contributed by atoms with Crippen molar-refractivity contribution in [3.05, 3.63) is 109 Å². The molecule has 0 saturated carbocycles. The highest BCUT2D eigenvalue weighted by Crippen LogP contribution is 2.44. The highest BCUT2D eigenvalue weighted by molar-refractivity contribution is 9.10. The fourth-order valence-electron chi connectivity index (χ4n) is 4.68. The Hall–Kier alpha value is -4.62. The third-order valence-electron chi connectivity index (χ3n) is 6.63. The quantitative estimate of drug-likeness (QED) is 0.167. The topological polar surface area (TPSA) is 138 Å². The Labute approximate surface area is 268 Å². The van der Waals surface area contributed by atoms with E-state index in [4.69, 9.17) is 18.9 Å². The van der Waals surface area contributed by atoms with Gasteiger partial charge in [0.05, 0.1) is 57.4 Å². The number of nitrogens with zero attached hydrogens (tertiary/aromatic N) is 2. The summed E-state index contributed by atoms with van der Waals surface area (Å²) in [6, 6.07) is 12.0. The van der Waals surface area contributed by atoms with E-state index in [1.165, 1.54) is 17.2 Å². The van der Waals surface area contributed by atoms with Crippen LogP contribution in [0.2, 0.25) is 0 Å². The molecule has 2 bridgehead atoms. The van der Waals surface area contributed by atoms with Crippen LogP contribution in [0.4, 0.5) is 0 Å². The lowest BCUT2D eigenvalue weighted by atomic mass is 9.90. The van der Waals surface area contributed by atoms with Crippen molar-refractivity contribution < 1.29 is 42.9 Å². The summed E-state index contributed by atoms with van der Waals surface area (Å²) in [5, 5.41) is 0. The molecular formula is C31H24Br2N2O9. The molecule has 0 aliphatic carbocycles. The predicted octanol–water partition coefficient (Wildman–Crippen LogP) is 4.33. The van der Waals surface area contributed by atoms with Crippen LogP contribution in [-0.4, -0.2) is 74.8 Å². The zero-order valence-corrected chi connectivity index (χ0v) is 26.9. The number of benzene rings is 2. The average Bonchev–Trinajstić information content (AvgIpc) is 3.38. The number of halogens is 2. The Morgan fingerprint density at radius 1 is 0.795 bits per heavy atom. The number of hydrogen-bond acceptors (Lipinski definition) is 11. The van der Waals surface area contributed by atoms with E-state index in [2.05, 4.69) is 36.9 Å². The third-order valence-corrected chi connectivity index (χ3v) is 7.68. The molecule has 1 atom stereocenters. The van der Waals surface area contributed by atoms with E-state index in [9.17, 15) is 24.0 Å². The maximum Gasteiger partial charge on any atom is 0.354 e. The molecule has 2 aliphatic rings. The molecule has 0 fully saturated rings. The second kappa shape index (κ2) is 13.8. The zero-order chi connectivity index (χ0) is 32.1. The molecule has 2 aromatic carbocycles. The van der Waals surface area contributed by atoms with Crippen molar-refractivity contribution in [3.8, 4) is 0 Å². The number of fused-ring (bicyclic) bond motifs is 2. The third kappa shape index (κ3) is 6.19. The number of rotatable bonds is 8. The van der Waals surface area contributed by atoms with Gasteiger partial charge in [0.25, 0.3) is 0 Å². The summed E-state index contributed by atoms with van der Waals surface area (Å²) in [4.78, 5) is 72.6. The molecule has 1 unspecified atom stereocenters. The lowest BCUT2D eigenvalue weighted by Gasteiger charge is -2.31. The molecule has 0 spiro atoms. The molecule has 226 valence electrons. The molecule has 44 heavy (non-hydrogen) atoms. The number of esters is 4. The first-order valence-electron chi connectivity index (χ1n) is 12.7. The van der Waals surface area contributed by atoms with Crippen LogP contribution in [0.25, 0.3) is 5.57 Å². The van der Waals surface area contributed by atoms with Gasteiger partial charge in [0.1, 0.15) is 11.4 Å². The summed E-state index contributed by atoms with van der Waals surface area (Å²) < 4.78 is 21.4. The average molecular weight is 728 g/mol. The van der Waals surface area contributed by atoms with Crippen LogP contribution in [0.1, 0.15) is 15.9 Å². The second-order valence-electron chi connectivity index (χ2n) is 9.02. The summed E-state index contributed by atoms with van der Waals surface area (Å²) in [6.45, 7) is 0. The molecule has 2 aliphatic heterocycles. The van der Waals surface area contributed by atoms with Gasteiger partial charge in [-0.1, -0.05) is 44.0 Å². The van der Waals surface area contributed by atoms with Crippen LogP contribution in [0.15, 0.2) is 103 Å². The first kappa shape index (κ1) is 32.3. The van der Waals surface area contributed by atoms with E-state index >= 15 is 0 Å². The highest BCUT2D eigenvalue weighted by Gasteiger charge is 2.48. The van der Waals surface area contributed by atoms with E-state index in [-0.39, 0.29) is 33.7 Å². The Morgan fingerprint density at radius 3 is 1.93 bits per heavy atom. The minimum Gasteiger partial charge on any atom is -0.466 e. The lowest BCUT2D eigenvalue weighted by molar-refractivity contribution is -0.140. The zero-order valence-electron chi connectivity index (χ0n) is 23.8. The summed E-state index contributed by atoms with van der Waals surface area (Å²) in [5.41, 5.74) is -0.529. The maximum atomic E-state index is 14.2. The van der Waals surface area contributed by atoms with Gasteiger partial charge in [0.2, 0.25) is 5.78 Å². The Morgan fingerprint density at radius 2 is 1.39 bits per heavy atom. The Bertz CT molecular complexity index is 1700. The second-order valence-corrected chi connectivity index (χ2v) is 10.8. The number of methoxy groups -OCH3 is 4. The van der Waals surface area contributed by atoms with Crippen LogP contribution in [-0.2, 0) is 38.1 Å². The lowest BCUT2D eigenvalue weighted by Crippen LogP contribution is -2.37. The number of Topliss-reactive ketones (excluding diaryl/α,β-unsaturated/α-hetero) is 1. The molecule has 0 saturated heterocycles. The van der Waals surface area contributed by atoms with Gasteiger partial charge in [-0.3, -0.25) is 9.79 Å². The van der Waals surface area contributed by atoms with E-state index in [1.807, 2.05) is 0 Å². The monoisotopic (exact) mass is 726 g/mol. The van der Waals surface area contributed by atoms with Crippen molar-refractivity contribution in [1.82, 2.24) is 4.90 Å². The van der Waals surface area contributed by atoms with Crippen molar-refractivity contribution >= 4 is 72.8 Å². The maximum absolute atomic E-state index is 14.2. The van der Waals surface area contributed by atoms with Crippen molar-refractivity contribution in [2.45, 2.75) is 6.04 Å². The van der Waals surface area contributed by atoms with Crippen molar-refractivity contribution in [1.29, 1.82) is 0 Å². The van der Waals surface area contributed by atoms with Gasteiger partial charge in [-0.25, -0.2) is 19.2 Å². The van der Waals surface area contributed by atoms with Gasteiger partial charge >= 0.3 is 23.9 Å². The Balaban J connectivity index is 2.24. The van der Waals surface area contributed by atoms with Gasteiger partial charge in [-0.05, 0) is 48.0 Å². The molecule has 0 N–H and O–H groups in total.